The summed E-state index contributed by atoms with van der Waals surface area (Å²) in [5.74, 6) is 0.613. The van der Waals surface area contributed by atoms with Crippen molar-refractivity contribution in [3.05, 3.63) is 71.8 Å². The average Bonchev–Trinajstić information content (AvgIpc) is 2.61. The number of benzene rings is 2. The van der Waals surface area contributed by atoms with Crippen LogP contribution in [0.3, 0.4) is 0 Å². The van der Waals surface area contributed by atoms with E-state index in [0.717, 1.165) is 29.0 Å². The van der Waals surface area contributed by atoms with Crippen LogP contribution in [0.5, 0.6) is 0 Å². The first-order valence-electron chi connectivity index (χ1n) is 7.53. The molecule has 4 heteroatoms. The van der Waals surface area contributed by atoms with E-state index in [1.807, 2.05) is 54.6 Å². The molecule has 0 atom stereocenters. The van der Waals surface area contributed by atoms with Gasteiger partial charge in [-0.1, -0.05) is 65.8 Å². The van der Waals surface area contributed by atoms with Gasteiger partial charge >= 0.3 is 5.97 Å². The van der Waals surface area contributed by atoms with Crippen LogP contribution in [0.15, 0.2) is 70.7 Å². The molecule has 23 heavy (non-hydrogen) atoms. The Morgan fingerprint density at radius 3 is 2.78 bits per heavy atom. The summed E-state index contributed by atoms with van der Waals surface area (Å²) < 4.78 is 0. The van der Waals surface area contributed by atoms with E-state index in [1.54, 1.807) is 17.8 Å². The molecule has 3 rings (SSSR count). The minimum atomic E-state index is -0.347. The molecular weight excluding hydrogens is 306 g/mol. The minimum Gasteiger partial charge on any atom is -0.318 e. The molecule has 0 aliphatic carbocycles. The van der Waals surface area contributed by atoms with Crippen molar-refractivity contribution in [2.45, 2.75) is 17.7 Å². The highest BCUT2D eigenvalue weighted by molar-refractivity contribution is 7.99. The topological polar surface area (TPSA) is 38.7 Å². The summed E-state index contributed by atoms with van der Waals surface area (Å²) in [7, 11) is 0. The summed E-state index contributed by atoms with van der Waals surface area (Å²) in [6, 6.07) is 17.9. The number of nitrogens with zero attached hydrogens (tertiary/aromatic N) is 1. The van der Waals surface area contributed by atoms with Gasteiger partial charge in [0.05, 0.1) is 12.1 Å². The second-order valence-electron chi connectivity index (χ2n) is 5.11. The highest BCUT2D eigenvalue weighted by Gasteiger charge is 2.16. The predicted octanol–water partition coefficient (Wildman–Crippen LogP) is 4.53. The maximum atomic E-state index is 11.8. The van der Waals surface area contributed by atoms with E-state index in [2.05, 4.69) is 11.2 Å². The Bertz CT molecular complexity index is 738. The largest absolute Gasteiger partial charge is 0.338 e. The molecule has 2 aromatic rings. The summed E-state index contributed by atoms with van der Waals surface area (Å²) in [4.78, 5) is 18.1. The lowest BCUT2D eigenvalue weighted by atomic mass is 10.1. The van der Waals surface area contributed by atoms with Gasteiger partial charge in [0, 0.05) is 22.6 Å². The number of thioether (sulfide) groups is 1. The summed E-state index contributed by atoms with van der Waals surface area (Å²) >= 11 is 1.81. The summed E-state index contributed by atoms with van der Waals surface area (Å²) in [5, 5.41) is 4.07. The number of hydrogen-bond donors (Lipinski definition) is 0. The molecule has 0 spiro atoms. The molecule has 0 saturated heterocycles. The maximum absolute atomic E-state index is 11.8. The number of rotatable bonds is 4. The average molecular weight is 323 g/mol. The third-order valence-corrected chi connectivity index (χ3v) is 4.52. The zero-order valence-electron chi connectivity index (χ0n) is 12.6. The van der Waals surface area contributed by atoms with Crippen LogP contribution in [-0.2, 0) is 9.63 Å². The van der Waals surface area contributed by atoms with Gasteiger partial charge in [0.15, 0.2) is 0 Å². The highest BCUT2D eigenvalue weighted by Crippen LogP contribution is 2.29. The third kappa shape index (κ3) is 4.33. The first-order chi connectivity index (χ1) is 11.3. The molecule has 2 aromatic carbocycles. The predicted molar refractivity (Wildman–Crippen MR) is 94.5 cm³/mol. The fourth-order valence-corrected chi connectivity index (χ4v) is 3.35. The van der Waals surface area contributed by atoms with Gasteiger partial charge in [0.2, 0.25) is 0 Å². The Morgan fingerprint density at radius 2 is 1.91 bits per heavy atom. The smallest absolute Gasteiger partial charge is 0.318 e. The number of fused-ring (bicyclic) bond motifs is 1. The van der Waals surface area contributed by atoms with E-state index in [-0.39, 0.29) is 12.4 Å². The van der Waals surface area contributed by atoms with Crippen molar-refractivity contribution in [3.8, 4) is 0 Å². The lowest BCUT2D eigenvalue weighted by molar-refractivity contribution is -0.142. The second-order valence-corrected chi connectivity index (χ2v) is 6.25. The molecule has 116 valence electrons. The lowest BCUT2D eigenvalue weighted by Gasteiger charge is -2.15. The van der Waals surface area contributed by atoms with Gasteiger partial charge in [-0.05, 0) is 11.6 Å². The van der Waals surface area contributed by atoms with Gasteiger partial charge in [-0.15, -0.1) is 11.8 Å². The van der Waals surface area contributed by atoms with E-state index in [0.29, 0.717) is 0 Å². The van der Waals surface area contributed by atoms with Gasteiger partial charge in [0.1, 0.15) is 0 Å². The van der Waals surface area contributed by atoms with Crippen LogP contribution >= 0.6 is 11.8 Å². The molecule has 0 unspecified atom stereocenters. The Morgan fingerprint density at radius 1 is 1.13 bits per heavy atom. The summed E-state index contributed by atoms with van der Waals surface area (Å²) in [5.41, 5.74) is 2.97. The first kappa shape index (κ1) is 15.6. The van der Waals surface area contributed by atoms with E-state index in [1.165, 1.54) is 4.90 Å². The molecule has 1 aliphatic rings. The van der Waals surface area contributed by atoms with Crippen molar-refractivity contribution < 1.29 is 9.63 Å². The van der Waals surface area contributed by atoms with Crippen molar-refractivity contribution in [1.29, 1.82) is 0 Å². The standard InChI is InChI=1S/C19H17NO2S/c21-19(12-6-9-15-7-2-1-3-8-15)22-20-17-13-14-23-18-11-5-4-10-16(17)18/h1-11H,12-14H2. The van der Waals surface area contributed by atoms with Gasteiger partial charge in [-0.25, -0.2) is 4.79 Å². The van der Waals surface area contributed by atoms with Crippen LogP contribution in [0.4, 0.5) is 0 Å². The monoisotopic (exact) mass is 323 g/mol. The zero-order chi connectivity index (χ0) is 15.9. The highest BCUT2D eigenvalue weighted by atomic mass is 32.2. The van der Waals surface area contributed by atoms with Crippen LogP contribution in [0.25, 0.3) is 6.08 Å². The summed E-state index contributed by atoms with van der Waals surface area (Å²) in [6.45, 7) is 0. The normalized spacial score (nSPS) is 15.6. The van der Waals surface area contributed by atoms with E-state index in [9.17, 15) is 4.79 Å². The van der Waals surface area contributed by atoms with Crippen LogP contribution in [0, 0.1) is 0 Å². The molecule has 3 nitrogen and oxygen atoms in total. The lowest BCUT2D eigenvalue weighted by Crippen LogP contribution is -2.11. The quantitative estimate of drug-likeness (QED) is 0.613. The molecule has 0 radical (unpaired) electrons. The van der Waals surface area contributed by atoms with Crippen molar-refractivity contribution in [3.63, 3.8) is 0 Å². The Hall–Kier alpha value is -2.33. The van der Waals surface area contributed by atoms with Gasteiger partial charge in [-0.2, -0.15) is 0 Å². The fraction of sp³-hybridized carbons (Fsp3) is 0.158. The Balaban J connectivity index is 1.58. The van der Waals surface area contributed by atoms with Gasteiger partial charge < -0.3 is 4.84 Å². The van der Waals surface area contributed by atoms with Gasteiger partial charge in [0.25, 0.3) is 0 Å². The van der Waals surface area contributed by atoms with Crippen molar-refractivity contribution in [2.24, 2.45) is 5.16 Å². The fourth-order valence-electron chi connectivity index (χ4n) is 2.32. The maximum Gasteiger partial charge on any atom is 0.338 e. The molecule has 0 N–H and O–H groups in total. The SMILES string of the molecule is O=C(CC=Cc1ccccc1)ON=C1CCSc2ccccc21. The molecule has 0 fully saturated rings. The number of hydrogen-bond acceptors (Lipinski definition) is 4. The minimum absolute atomic E-state index is 0.210. The van der Waals surface area contributed by atoms with Crippen LogP contribution < -0.4 is 0 Å². The van der Waals surface area contributed by atoms with Crippen molar-refractivity contribution >= 4 is 29.5 Å². The second kappa shape index (κ2) is 7.79. The Labute approximate surface area is 140 Å². The Kier molecular flexibility index (Phi) is 5.27. The molecule has 0 amide bonds. The van der Waals surface area contributed by atoms with Gasteiger partial charge in [-0.3, -0.25) is 0 Å². The molecular formula is C19H17NO2S. The van der Waals surface area contributed by atoms with Crippen molar-refractivity contribution in [2.75, 3.05) is 5.75 Å². The van der Waals surface area contributed by atoms with Crippen LogP contribution in [0.2, 0.25) is 0 Å². The first-order valence-corrected chi connectivity index (χ1v) is 8.52. The molecule has 0 bridgehead atoms. The van der Waals surface area contributed by atoms with Crippen molar-refractivity contribution in [1.82, 2.24) is 0 Å². The number of carbonyl (C=O) groups is 1. The van der Waals surface area contributed by atoms with E-state index in [4.69, 9.17) is 4.84 Å². The number of carbonyl (C=O) groups excluding carboxylic acids is 1. The van der Waals surface area contributed by atoms with Crippen LogP contribution in [-0.4, -0.2) is 17.4 Å². The summed E-state index contributed by atoms with van der Waals surface area (Å²) in [6.07, 6.45) is 4.72. The molecule has 0 aromatic heterocycles. The zero-order valence-corrected chi connectivity index (χ0v) is 13.5. The number of oxime groups is 1. The van der Waals surface area contributed by atoms with Crippen LogP contribution in [0.1, 0.15) is 24.0 Å². The third-order valence-electron chi connectivity index (χ3n) is 3.45. The molecule has 1 heterocycles. The molecule has 0 saturated carbocycles. The van der Waals surface area contributed by atoms with E-state index < -0.39 is 0 Å². The molecule has 1 aliphatic heterocycles. The van der Waals surface area contributed by atoms with E-state index >= 15 is 0 Å².